The highest BCUT2D eigenvalue weighted by Crippen LogP contribution is 2.69. The van der Waals surface area contributed by atoms with Gasteiger partial charge in [-0.25, -0.2) is 0 Å². The van der Waals surface area contributed by atoms with Crippen molar-refractivity contribution in [2.45, 2.75) is 92.9 Å². The molecule has 9 unspecified atom stereocenters. The molecular formula is C24H42. The highest BCUT2D eigenvalue weighted by atomic mass is 14.7. The summed E-state index contributed by atoms with van der Waals surface area (Å²) in [5, 5.41) is 0. The van der Waals surface area contributed by atoms with Gasteiger partial charge in [-0.1, -0.05) is 48.0 Å². The van der Waals surface area contributed by atoms with Crippen molar-refractivity contribution in [1.82, 2.24) is 0 Å². The molecule has 4 rings (SSSR count). The second kappa shape index (κ2) is 5.75. The second-order valence-electron chi connectivity index (χ2n) is 11.6. The van der Waals surface area contributed by atoms with Gasteiger partial charge in [0.2, 0.25) is 0 Å². The predicted octanol–water partition coefficient (Wildman–Crippen LogP) is 7.18. The van der Waals surface area contributed by atoms with Crippen LogP contribution in [-0.4, -0.2) is 0 Å². The molecule has 0 saturated heterocycles. The summed E-state index contributed by atoms with van der Waals surface area (Å²) in [7, 11) is 0. The summed E-state index contributed by atoms with van der Waals surface area (Å²) in [6.07, 6.45) is 12.2. The van der Waals surface area contributed by atoms with Gasteiger partial charge in [-0.15, -0.1) is 0 Å². The van der Waals surface area contributed by atoms with Crippen molar-refractivity contribution in [2.75, 3.05) is 0 Å². The van der Waals surface area contributed by atoms with Crippen LogP contribution in [0.25, 0.3) is 0 Å². The maximum absolute atomic E-state index is 2.73. The van der Waals surface area contributed by atoms with E-state index in [0.29, 0.717) is 10.8 Å². The van der Waals surface area contributed by atoms with Crippen LogP contribution in [-0.2, 0) is 0 Å². The Hall–Kier alpha value is 0. The van der Waals surface area contributed by atoms with Gasteiger partial charge in [0.1, 0.15) is 0 Å². The molecule has 0 heteroatoms. The molecule has 0 bridgehead atoms. The van der Waals surface area contributed by atoms with Crippen LogP contribution in [0.2, 0.25) is 0 Å². The molecule has 138 valence electrons. The van der Waals surface area contributed by atoms with Gasteiger partial charge in [-0.2, -0.15) is 0 Å². The first kappa shape index (κ1) is 17.4. The van der Waals surface area contributed by atoms with Gasteiger partial charge in [0.15, 0.2) is 0 Å². The molecule has 24 heavy (non-hydrogen) atoms. The van der Waals surface area contributed by atoms with E-state index in [1.165, 1.54) is 32.1 Å². The van der Waals surface area contributed by atoms with E-state index in [1.54, 1.807) is 19.3 Å². The predicted molar refractivity (Wildman–Crippen MR) is 104 cm³/mol. The lowest BCUT2D eigenvalue weighted by atomic mass is 9.42. The number of hydrogen-bond donors (Lipinski definition) is 0. The highest BCUT2D eigenvalue weighted by Gasteiger charge is 2.61. The summed E-state index contributed by atoms with van der Waals surface area (Å²) >= 11 is 0. The van der Waals surface area contributed by atoms with E-state index in [9.17, 15) is 0 Å². The second-order valence-corrected chi connectivity index (χ2v) is 11.6. The van der Waals surface area contributed by atoms with Gasteiger partial charge >= 0.3 is 0 Å². The van der Waals surface area contributed by atoms with E-state index >= 15 is 0 Å². The van der Waals surface area contributed by atoms with Crippen LogP contribution in [0.4, 0.5) is 0 Å². The first-order valence-electron chi connectivity index (χ1n) is 11.3. The lowest BCUT2D eigenvalue weighted by Crippen LogP contribution is -2.56. The third kappa shape index (κ3) is 2.30. The number of rotatable bonds is 1. The summed E-state index contributed by atoms with van der Waals surface area (Å²) in [6.45, 7) is 15.6. The molecular weight excluding hydrogens is 288 g/mol. The molecule has 0 radical (unpaired) electrons. The Kier molecular flexibility index (Phi) is 4.17. The SMILES string of the molecule is CC1CCC2(C)C(C1)CC(C)C1C2CCC2(C)C(C(C)C)CCC12. The van der Waals surface area contributed by atoms with Gasteiger partial charge in [0.05, 0.1) is 0 Å². The maximum Gasteiger partial charge on any atom is -0.0264 e. The molecule has 0 aromatic carbocycles. The average Bonchev–Trinajstić information content (AvgIpc) is 2.86. The van der Waals surface area contributed by atoms with E-state index in [4.69, 9.17) is 0 Å². The minimum Gasteiger partial charge on any atom is -0.0625 e. The normalized spacial score (nSPS) is 57.4. The minimum absolute atomic E-state index is 0.661. The zero-order valence-electron chi connectivity index (χ0n) is 17.3. The van der Waals surface area contributed by atoms with Crippen molar-refractivity contribution in [3.63, 3.8) is 0 Å². The van der Waals surface area contributed by atoms with Crippen molar-refractivity contribution >= 4 is 0 Å². The van der Waals surface area contributed by atoms with Crippen molar-refractivity contribution in [2.24, 2.45) is 58.2 Å². The van der Waals surface area contributed by atoms with Gasteiger partial charge < -0.3 is 0 Å². The van der Waals surface area contributed by atoms with E-state index in [-0.39, 0.29) is 0 Å². The van der Waals surface area contributed by atoms with Gasteiger partial charge in [0, 0.05) is 0 Å². The first-order valence-corrected chi connectivity index (χ1v) is 11.3. The smallest absolute Gasteiger partial charge is 0.0264 e. The minimum atomic E-state index is 0.661. The highest BCUT2D eigenvalue weighted by molar-refractivity contribution is 5.10. The van der Waals surface area contributed by atoms with E-state index in [2.05, 4.69) is 41.5 Å². The maximum atomic E-state index is 2.73. The lowest BCUT2D eigenvalue weighted by Gasteiger charge is -2.63. The lowest BCUT2D eigenvalue weighted by molar-refractivity contribution is -0.142. The van der Waals surface area contributed by atoms with Crippen LogP contribution in [0.1, 0.15) is 92.9 Å². The molecule has 0 nitrogen and oxygen atoms in total. The summed E-state index contributed by atoms with van der Waals surface area (Å²) in [5.41, 5.74) is 1.34. The van der Waals surface area contributed by atoms with Crippen LogP contribution in [0, 0.1) is 58.2 Å². The molecule has 0 amide bonds. The fraction of sp³-hybridized carbons (Fsp3) is 1.00. The molecule has 0 aliphatic heterocycles. The standard InChI is InChI=1S/C24H42/c1-15(2)19-7-8-20-22-17(4)14-18-13-16(3)9-11-23(18,5)21(22)10-12-24(19,20)6/h15-22H,7-14H2,1-6H3. The zero-order chi connectivity index (χ0) is 17.3. The Morgan fingerprint density at radius 1 is 0.792 bits per heavy atom. The summed E-state index contributed by atoms with van der Waals surface area (Å²) in [5.74, 6) is 8.00. The van der Waals surface area contributed by atoms with Crippen LogP contribution >= 0.6 is 0 Å². The molecule has 9 atom stereocenters. The van der Waals surface area contributed by atoms with Crippen molar-refractivity contribution in [1.29, 1.82) is 0 Å². The zero-order valence-corrected chi connectivity index (χ0v) is 17.3. The monoisotopic (exact) mass is 330 g/mol. The van der Waals surface area contributed by atoms with Crippen LogP contribution < -0.4 is 0 Å². The molecule has 0 heterocycles. The Morgan fingerprint density at radius 3 is 2.17 bits per heavy atom. The van der Waals surface area contributed by atoms with E-state index < -0.39 is 0 Å². The molecule has 4 fully saturated rings. The topological polar surface area (TPSA) is 0 Å². The Bertz CT molecular complexity index is 478. The molecule has 0 N–H and O–H groups in total. The van der Waals surface area contributed by atoms with Crippen LogP contribution in [0.3, 0.4) is 0 Å². The largest absolute Gasteiger partial charge is 0.0625 e. The fourth-order valence-electron chi connectivity index (χ4n) is 8.99. The molecule has 4 aliphatic carbocycles. The quantitative estimate of drug-likeness (QED) is 0.477. The summed E-state index contributed by atoms with van der Waals surface area (Å²) in [6, 6.07) is 0. The Morgan fingerprint density at radius 2 is 1.46 bits per heavy atom. The van der Waals surface area contributed by atoms with Crippen molar-refractivity contribution in [3.05, 3.63) is 0 Å². The average molecular weight is 331 g/mol. The third-order valence-corrected chi connectivity index (χ3v) is 10.2. The first-order chi connectivity index (χ1) is 11.3. The molecule has 0 aromatic rings. The number of fused-ring (bicyclic) bond motifs is 5. The summed E-state index contributed by atoms with van der Waals surface area (Å²) < 4.78 is 0. The van der Waals surface area contributed by atoms with Crippen molar-refractivity contribution < 1.29 is 0 Å². The Balaban J connectivity index is 1.65. The third-order valence-electron chi connectivity index (χ3n) is 10.2. The van der Waals surface area contributed by atoms with Crippen LogP contribution in [0.5, 0.6) is 0 Å². The number of hydrogen-bond acceptors (Lipinski definition) is 0. The van der Waals surface area contributed by atoms with Gasteiger partial charge in [0.25, 0.3) is 0 Å². The van der Waals surface area contributed by atoms with Crippen LogP contribution in [0.15, 0.2) is 0 Å². The van der Waals surface area contributed by atoms with E-state index in [1.807, 2.05) is 0 Å². The molecule has 4 saturated carbocycles. The van der Waals surface area contributed by atoms with Gasteiger partial charge in [-0.3, -0.25) is 0 Å². The molecule has 4 aliphatic rings. The fourth-order valence-corrected chi connectivity index (χ4v) is 8.99. The Labute approximate surface area is 151 Å². The summed E-state index contributed by atoms with van der Waals surface area (Å²) in [4.78, 5) is 0. The van der Waals surface area contributed by atoms with Crippen molar-refractivity contribution in [3.8, 4) is 0 Å². The molecule has 0 spiro atoms. The van der Waals surface area contributed by atoms with E-state index in [0.717, 1.165) is 47.3 Å². The molecule has 0 aromatic heterocycles. The van der Waals surface area contributed by atoms with Gasteiger partial charge in [-0.05, 0) is 103 Å².